The highest BCUT2D eigenvalue weighted by Crippen LogP contribution is 2.30. The van der Waals surface area contributed by atoms with Crippen LogP contribution in [0.4, 0.5) is 18.9 Å². The quantitative estimate of drug-likeness (QED) is 0.869. The van der Waals surface area contributed by atoms with Crippen LogP contribution in [0, 0.1) is 0 Å². The van der Waals surface area contributed by atoms with E-state index < -0.39 is 11.5 Å². The Kier molecular flexibility index (Phi) is 5.33. The molecule has 0 aliphatic carbocycles. The third kappa shape index (κ3) is 5.81. The second-order valence-electron chi connectivity index (χ2n) is 3.45. The highest BCUT2D eigenvalue weighted by molar-refractivity contribution is 8.00. The van der Waals surface area contributed by atoms with Crippen molar-refractivity contribution in [1.29, 1.82) is 0 Å². The molecule has 1 aromatic rings. The number of carbonyl (C=O) groups is 1. The molecule has 0 unspecified atom stereocenters. The fourth-order valence-corrected chi connectivity index (χ4v) is 1.92. The van der Waals surface area contributed by atoms with Crippen LogP contribution >= 0.6 is 11.8 Å². The molecular weight excluding hydrogens is 267 g/mol. The van der Waals surface area contributed by atoms with Crippen molar-refractivity contribution < 1.29 is 23.1 Å². The summed E-state index contributed by atoms with van der Waals surface area (Å²) in [5.41, 5.74) is -3.69. The summed E-state index contributed by atoms with van der Waals surface area (Å²) in [5.74, 6) is -1.28. The molecule has 0 aliphatic heterocycles. The van der Waals surface area contributed by atoms with Crippen LogP contribution in [0.15, 0.2) is 30.3 Å². The zero-order valence-corrected chi connectivity index (χ0v) is 10.2. The van der Waals surface area contributed by atoms with E-state index in [1.165, 1.54) is 4.90 Å². The Morgan fingerprint density at radius 2 is 1.89 bits per heavy atom. The first kappa shape index (κ1) is 14.7. The van der Waals surface area contributed by atoms with Crippen molar-refractivity contribution in [2.75, 3.05) is 23.7 Å². The van der Waals surface area contributed by atoms with Crippen LogP contribution in [0.2, 0.25) is 0 Å². The Morgan fingerprint density at radius 1 is 1.28 bits per heavy atom. The van der Waals surface area contributed by atoms with Gasteiger partial charge in [0.2, 0.25) is 0 Å². The van der Waals surface area contributed by atoms with Gasteiger partial charge < -0.3 is 10.0 Å². The number of anilines is 1. The average molecular weight is 279 g/mol. The molecule has 100 valence electrons. The molecule has 0 bridgehead atoms. The van der Waals surface area contributed by atoms with Gasteiger partial charge in [0.1, 0.15) is 6.54 Å². The first-order valence-electron chi connectivity index (χ1n) is 5.11. The van der Waals surface area contributed by atoms with E-state index in [2.05, 4.69) is 0 Å². The van der Waals surface area contributed by atoms with Gasteiger partial charge in [0.15, 0.2) is 0 Å². The first-order valence-corrected chi connectivity index (χ1v) is 6.09. The number of para-hydroxylation sites is 1. The van der Waals surface area contributed by atoms with Crippen molar-refractivity contribution in [3.05, 3.63) is 30.3 Å². The second kappa shape index (κ2) is 6.53. The molecule has 0 atom stereocenters. The lowest BCUT2D eigenvalue weighted by Gasteiger charge is -2.22. The number of nitrogens with zero attached hydrogens (tertiary/aromatic N) is 1. The van der Waals surface area contributed by atoms with Gasteiger partial charge in [0, 0.05) is 18.0 Å². The molecule has 1 aromatic carbocycles. The molecule has 1 N–H and O–H groups in total. The fourth-order valence-electron chi connectivity index (χ4n) is 1.37. The van der Waals surface area contributed by atoms with Crippen molar-refractivity contribution in [1.82, 2.24) is 0 Å². The van der Waals surface area contributed by atoms with Crippen molar-refractivity contribution in [3.63, 3.8) is 0 Å². The molecule has 0 fully saturated rings. The Labute approximate surface area is 107 Å². The van der Waals surface area contributed by atoms with Crippen LogP contribution < -0.4 is 4.90 Å². The van der Waals surface area contributed by atoms with Crippen LogP contribution in [0.3, 0.4) is 0 Å². The van der Waals surface area contributed by atoms with Gasteiger partial charge in [-0.3, -0.25) is 4.79 Å². The van der Waals surface area contributed by atoms with Gasteiger partial charge in [-0.2, -0.15) is 13.2 Å². The van der Waals surface area contributed by atoms with Gasteiger partial charge >= 0.3 is 11.5 Å². The molecule has 3 nitrogen and oxygen atoms in total. The monoisotopic (exact) mass is 279 g/mol. The van der Waals surface area contributed by atoms with Gasteiger partial charge in [-0.05, 0) is 23.9 Å². The molecule has 7 heteroatoms. The molecule has 18 heavy (non-hydrogen) atoms. The first-order chi connectivity index (χ1) is 8.38. The standard InChI is InChI=1S/C11H12F3NO2S/c12-11(13,14)18-7-6-15(8-10(16)17)9-4-2-1-3-5-9/h1-5H,6-8H2,(H,16,17). The van der Waals surface area contributed by atoms with Crippen LogP contribution in [-0.4, -0.2) is 35.4 Å². The van der Waals surface area contributed by atoms with Gasteiger partial charge in [-0.1, -0.05) is 18.2 Å². The molecule has 0 saturated carbocycles. The Bertz CT molecular complexity index is 384. The van der Waals surface area contributed by atoms with E-state index >= 15 is 0 Å². The maximum absolute atomic E-state index is 12.0. The van der Waals surface area contributed by atoms with E-state index in [-0.39, 0.29) is 30.6 Å². The maximum atomic E-state index is 12.0. The number of hydrogen-bond acceptors (Lipinski definition) is 3. The highest BCUT2D eigenvalue weighted by atomic mass is 32.2. The largest absolute Gasteiger partial charge is 0.480 e. The van der Waals surface area contributed by atoms with Gasteiger partial charge in [0.25, 0.3) is 0 Å². The van der Waals surface area contributed by atoms with Crippen molar-refractivity contribution in [3.8, 4) is 0 Å². The Hall–Kier alpha value is -1.37. The number of alkyl halides is 3. The van der Waals surface area contributed by atoms with E-state index in [0.717, 1.165) is 0 Å². The second-order valence-corrected chi connectivity index (χ2v) is 4.60. The minimum Gasteiger partial charge on any atom is -0.480 e. The summed E-state index contributed by atoms with van der Waals surface area (Å²) in [7, 11) is 0. The number of halogens is 3. The van der Waals surface area contributed by atoms with E-state index in [1.54, 1.807) is 30.3 Å². The third-order valence-corrected chi connectivity index (χ3v) is 2.79. The normalized spacial score (nSPS) is 11.3. The number of thioether (sulfide) groups is 1. The third-order valence-electron chi connectivity index (χ3n) is 2.07. The summed E-state index contributed by atoms with van der Waals surface area (Å²) in [4.78, 5) is 12.1. The molecular formula is C11H12F3NO2S. The lowest BCUT2D eigenvalue weighted by molar-refractivity contribution is -0.135. The summed E-state index contributed by atoms with van der Waals surface area (Å²) in [6, 6.07) is 8.51. The molecule has 0 radical (unpaired) electrons. The van der Waals surface area contributed by atoms with Crippen molar-refractivity contribution in [2.45, 2.75) is 5.51 Å². The van der Waals surface area contributed by atoms with Crippen molar-refractivity contribution >= 4 is 23.4 Å². The van der Waals surface area contributed by atoms with Crippen LogP contribution in [0.1, 0.15) is 0 Å². The van der Waals surface area contributed by atoms with Gasteiger partial charge in [-0.15, -0.1) is 0 Å². The van der Waals surface area contributed by atoms with Gasteiger partial charge in [0.05, 0.1) is 0 Å². The lowest BCUT2D eigenvalue weighted by Crippen LogP contribution is -2.32. The number of aliphatic carboxylic acids is 1. The molecule has 1 rings (SSSR count). The van der Waals surface area contributed by atoms with E-state index in [1.807, 2.05) is 0 Å². The molecule has 0 amide bonds. The zero-order valence-electron chi connectivity index (χ0n) is 9.35. The Balaban J connectivity index is 2.60. The zero-order chi connectivity index (χ0) is 13.6. The number of rotatable bonds is 6. The van der Waals surface area contributed by atoms with Crippen LogP contribution in [0.25, 0.3) is 0 Å². The number of carboxylic acid groups (broad SMARTS) is 1. The van der Waals surface area contributed by atoms with Crippen LogP contribution in [-0.2, 0) is 4.79 Å². The van der Waals surface area contributed by atoms with E-state index in [4.69, 9.17) is 5.11 Å². The predicted octanol–water partition coefficient (Wildman–Crippen LogP) is 2.83. The van der Waals surface area contributed by atoms with Crippen molar-refractivity contribution in [2.24, 2.45) is 0 Å². The summed E-state index contributed by atoms with van der Waals surface area (Å²) in [6.45, 7) is -0.289. The van der Waals surface area contributed by atoms with Crippen LogP contribution in [0.5, 0.6) is 0 Å². The number of benzene rings is 1. The predicted molar refractivity (Wildman–Crippen MR) is 64.8 cm³/mol. The molecule has 0 heterocycles. The topological polar surface area (TPSA) is 40.5 Å². The number of hydrogen-bond donors (Lipinski definition) is 1. The van der Waals surface area contributed by atoms with E-state index in [0.29, 0.717) is 5.69 Å². The summed E-state index contributed by atoms with van der Waals surface area (Å²) in [5, 5.41) is 8.73. The highest BCUT2D eigenvalue weighted by Gasteiger charge is 2.28. The molecule has 0 aliphatic rings. The summed E-state index contributed by atoms with van der Waals surface area (Å²) >= 11 is -0.151. The number of carboxylic acids is 1. The average Bonchev–Trinajstić information content (AvgIpc) is 2.27. The summed E-state index contributed by atoms with van der Waals surface area (Å²) < 4.78 is 36.0. The molecule has 0 saturated heterocycles. The SMILES string of the molecule is O=C(O)CN(CCSC(F)(F)F)c1ccccc1. The minimum atomic E-state index is -4.29. The minimum absolute atomic E-state index is 0.0283. The maximum Gasteiger partial charge on any atom is 0.441 e. The lowest BCUT2D eigenvalue weighted by atomic mass is 10.3. The smallest absolute Gasteiger partial charge is 0.441 e. The molecule has 0 spiro atoms. The Morgan fingerprint density at radius 3 is 2.39 bits per heavy atom. The molecule has 0 aromatic heterocycles. The fraction of sp³-hybridized carbons (Fsp3) is 0.364. The summed E-state index contributed by atoms with van der Waals surface area (Å²) in [6.07, 6.45) is 0. The van der Waals surface area contributed by atoms with E-state index in [9.17, 15) is 18.0 Å². The van der Waals surface area contributed by atoms with Gasteiger partial charge in [-0.25, -0.2) is 0 Å².